The highest BCUT2D eigenvalue weighted by Gasteiger charge is 2.32. The second-order valence-electron chi connectivity index (χ2n) is 6.85. The van der Waals surface area contributed by atoms with E-state index in [1.807, 2.05) is 6.92 Å². The van der Waals surface area contributed by atoms with E-state index in [-0.39, 0.29) is 5.82 Å². The Morgan fingerprint density at radius 1 is 1.29 bits per heavy atom. The van der Waals surface area contributed by atoms with E-state index in [0.29, 0.717) is 23.9 Å². The molecule has 0 bridgehead atoms. The molecular weight excluding hydrogens is 263 g/mol. The SMILES string of the molecule is CCC(C)C1CN(c2cc(C)cc(F)c2)C(C(C)C)CN1. The van der Waals surface area contributed by atoms with Crippen LogP contribution in [0.2, 0.25) is 0 Å². The Hall–Kier alpha value is -1.09. The normalized spacial score (nSPS) is 24.4. The molecule has 1 aromatic carbocycles. The number of anilines is 1. The molecule has 1 heterocycles. The Labute approximate surface area is 128 Å². The van der Waals surface area contributed by atoms with Crippen LogP contribution >= 0.6 is 0 Å². The van der Waals surface area contributed by atoms with E-state index in [4.69, 9.17) is 0 Å². The summed E-state index contributed by atoms with van der Waals surface area (Å²) in [5, 5.41) is 3.69. The molecule has 1 aliphatic heterocycles. The van der Waals surface area contributed by atoms with Crippen molar-refractivity contribution in [2.24, 2.45) is 11.8 Å². The minimum atomic E-state index is -0.133. The average molecular weight is 292 g/mol. The number of aryl methyl sites for hydroxylation is 1. The lowest BCUT2D eigenvalue weighted by Crippen LogP contribution is -2.60. The lowest BCUT2D eigenvalue weighted by molar-refractivity contribution is 0.281. The van der Waals surface area contributed by atoms with Gasteiger partial charge in [-0.05, 0) is 42.5 Å². The van der Waals surface area contributed by atoms with Gasteiger partial charge in [-0.25, -0.2) is 4.39 Å². The third-order valence-electron chi connectivity index (χ3n) is 4.84. The molecule has 1 N–H and O–H groups in total. The molecule has 1 saturated heterocycles. The van der Waals surface area contributed by atoms with Gasteiger partial charge >= 0.3 is 0 Å². The van der Waals surface area contributed by atoms with Gasteiger partial charge in [-0.2, -0.15) is 0 Å². The summed E-state index contributed by atoms with van der Waals surface area (Å²) < 4.78 is 13.8. The number of nitrogens with zero attached hydrogens (tertiary/aromatic N) is 1. The van der Waals surface area contributed by atoms with Crippen LogP contribution < -0.4 is 10.2 Å². The molecule has 0 saturated carbocycles. The molecule has 0 aliphatic carbocycles. The van der Waals surface area contributed by atoms with Crippen LogP contribution in [0.4, 0.5) is 10.1 Å². The quantitative estimate of drug-likeness (QED) is 0.903. The number of benzene rings is 1. The predicted molar refractivity (Wildman–Crippen MR) is 88.4 cm³/mol. The van der Waals surface area contributed by atoms with Crippen LogP contribution in [0.3, 0.4) is 0 Å². The van der Waals surface area contributed by atoms with Crippen molar-refractivity contribution in [3.05, 3.63) is 29.6 Å². The zero-order valence-corrected chi connectivity index (χ0v) is 14.0. The first-order valence-corrected chi connectivity index (χ1v) is 8.19. The lowest BCUT2D eigenvalue weighted by atomic mass is 9.91. The molecule has 0 aromatic heterocycles. The third kappa shape index (κ3) is 3.76. The van der Waals surface area contributed by atoms with Crippen molar-refractivity contribution in [1.82, 2.24) is 5.32 Å². The van der Waals surface area contributed by atoms with Gasteiger partial charge in [0.15, 0.2) is 0 Å². The zero-order chi connectivity index (χ0) is 15.6. The number of nitrogens with one attached hydrogen (secondary N) is 1. The minimum Gasteiger partial charge on any atom is -0.365 e. The van der Waals surface area contributed by atoms with Gasteiger partial charge in [0.25, 0.3) is 0 Å². The highest BCUT2D eigenvalue weighted by molar-refractivity contribution is 5.51. The van der Waals surface area contributed by atoms with Gasteiger partial charge in [0.05, 0.1) is 0 Å². The van der Waals surface area contributed by atoms with Crippen molar-refractivity contribution in [3.63, 3.8) is 0 Å². The Morgan fingerprint density at radius 3 is 2.57 bits per heavy atom. The molecule has 1 aliphatic rings. The molecule has 0 amide bonds. The molecular formula is C18H29FN2. The van der Waals surface area contributed by atoms with Crippen molar-refractivity contribution in [3.8, 4) is 0 Å². The maximum atomic E-state index is 13.8. The van der Waals surface area contributed by atoms with E-state index in [0.717, 1.165) is 24.3 Å². The summed E-state index contributed by atoms with van der Waals surface area (Å²) in [4.78, 5) is 2.41. The number of piperazine rings is 1. The Bertz CT molecular complexity index is 452. The van der Waals surface area contributed by atoms with Crippen LogP contribution in [0, 0.1) is 24.6 Å². The summed E-state index contributed by atoms with van der Waals surface area (Å²) in [6, 6.07) is 6.29. The first-order valence-electron chi connectivity index (χ1n) is 8.19. The second kappa shape index (κ2) is 6.78. The summed E-state index contributed by atoms with van der Waals surface area (Å²) in [7, 11) is 0. The second-order valence-corrected chi connectivity index (χ2v) is 6.85. The summed E-state index contributed by atoms with van der Waals surface area (Å²) in [5.41, 5.74) is 2.02. The fourth-order valence-electron chi connectivity index (χ4n) is 3.24. The standard InChI is InChI=1S/C18H29FN2/c1-6-14(5)17-11-21(18(10-20-17)12(2)3)16-8-13(4)7-15(19)9-16/h7-9,12,14,17-18,20H,6,10-11H2,1-5H3. The molecule has 1 fully saturated rings. The molecule has 3 atom stereocenters. The molecule has 2 rings (SSSR count). The topological polar surface area (TPSA) is 15.3 Å². The molecule has 118 valence electrons. The maximum Gasteiger partial charge on any atom is 0.125 e. The van der Waals surface area contributed by atoms with Gasteiger partial charge in [-0.3, -0.25) is 0 Å². The first-order chi connectivity index (χ1) is 9.92. The fraction of sp³-hybridized carbons (Fsp3) is 0.667. The van der Waals surface area contributed by atoms with Crippen LogP contribution in [-0.2, 0) is 0 Å². The van der Waals surface area contributed by atoms with Gasteiger partial charge in [0.1, 0.15) is 5.82 Å². The summed E-state index contributed by atoms with van der Waals surface area (Å²) in [6.07, 6.45) is 1.17. The van der Waals surface area contributed by atoms with Gasteiger partial charge in [0, 0.05) is 30.9 Å². The van der Waals surface area contributed by atoms with Crippen molar-refractivity contribution in [1.29, 1.82) is 0 Å². The smallest absolute Gasteiger partial charge is 0.125 e. The van der Waals surface area contributed by atoms with E-state index in [9.17, 15) is 4.39 Å². The summed E-state index contributed by atoms with van der Waals surface area (Å²) >= 11 is 0. The summed E-state index contributed by atoms with van der Waals surface area (Å²) in [5.74, 6) is 1.04. The Morgan fingerprint density at radius 2 is 2.00 bits per heavy atom. The van der Waals surface area contributed by atoms with Crippen LogP contribution in [-0.4, -0.2) is 25.2 Å². The van der Waals surface area contributed by atoms with Crippen LogP contribution in [0.1, 0.15) is 39.7 Å². The Balaban J connectivity index is 2.29. The highest BCUT2D eigenvalue weighted by atomic mass is 19.1. The van der Waals surface area contributed by atoms with E-state index >= 15 is 0 Å². The molecule has 3 unspecified atom stereocenters. The van der Waals surface area contributed by atoms with E-state index in [2.05, 4.69) is 44.0 Å². The van der Waals surface area contributed by atoms with Crippen LogP contribution in [0.25, 0.3) is 0 Å². The fourth-order valence-corrected chi connectivity index (χ4v) is 3.24. The lowest BCUT2D eigenvalue weighted by Gasteiger charge is -2.45. The van der Waals surface area contributed by atoms with E-state index < -0.39 is 0 Å². The third-order valence-corrected chi connectivity index (χ3v) is 4.84. The van der Waals surface area contributed by atoms with Gasteiger partial charge in [-0.1, -0.05) is 34.1 Å². The average Bonchev–Trinajstić information content (AvgIpc) is 2.44. The van der Waals surface area contributed by atoms with Gasteiger partial charge in [-0.15, -0.1) is 0 Å². The van der Waals surface area contributed by atoms with Gasteiger partial charge in [0.2, 0.25) is 0 Å². The highest BCUT2D eigenvalue weighted by Crippen LogP contribution is 2.27. The van der Waals surface area contributed by atoms with Crippen molar-refractivity contribution >= 4 is 5.69 Å². The minimum absolute atomic E-state index is 0.133. The molecule has 21 heavy (non-hydrogen) atoms. The number of halogens is 1. The van der Waals surface area contributed by atoms with Crippen LogP contribution in [0.15, 0.2) is 18.2 Å². The number of hydrogen-bond donors (Lipinski definition) is 1. The first kappa shape index (κ1) is 16.3. The van der Waals surface area contributed by atoms with Crippen LogP contribution in [0.5, 0.6) is 0 Å². The van der Waals surface area contributed by atoms with Crippen molar-refractivity contribution in [2.75, 3.05) is 18.0 Å². The molecule has 2 nitrogen and oxygen atoms in total. The van der Waals surface area contributed by atoms with Crippen molar-refractivity contribution in [2.45, 2.75) is 53.1 Å². The molecule has 3 heteroatoms. The number of rotatable bonds is 4. The molecule has 0 radical (unpaired) electrons. The van der Waals surface area contributed by atoms with Crippen molar-refractivity contribution < 1.29 is 4.39 Å². The zero-order valence-electron chi connectivity index (χ0n) is 14.0. The predicted octanol–water partition coefficient (Wildman–Crippen LogP) is 3.98. The van der Waals surface area contributed by atoms with E-state index in [1.54, 1.807) is 12.1 Å². The largest absolute Gasteiger partial charge is 0.365 e. The Kier molecular flexibility index (Phi) is 5.26. The summed E-state index contributed by atoms with van der Waals surface area (Å²) in [6.45, 7) is 12.9. The maximum absolute atomic E-state index is 13.8. The van der Waals surface area contributed by atoms with Gasteiger partial charge < -0.3 is 10.2 Å². The molecule has 1 aromatic rings. The van der Waals surface area contributed by atoms with E-state index in [1.165, 1.54) is 6.42 Å². The monoisotopic (exact) mass is 292 g/mol. The molecule has 0 spiro atoms. The number of hydrogen-bond acceptors (Lipinski definition) is 2.